The van der Waals surface area contributed by atoms with Gasteiger partial charge < -0.3 is 5.11 Å². The lowest BCUT2D eigenvalue weighted by atomic mass is 10.0. The maximum Gasteiger partial charge on any atom is 0.331 e. The molecule has 76 valence electrons. The highest BCUT2D eigenvalue weighted by Crippen LogP contribution is 2.13. The van der Waals surface area contributed by atoms with Gasteiger partial charge in [-0.2, -0.15) is 0 Å². The average Bonchev–Trinajstić information content (AvgIpc) is 2.02. The molecule has 0 amide bonds. The molecule has 0 aromatic carbocycles. The summed E-state index contributed by atoms with van der Waals surface area (Å²) in [6.07, 6.45) is 5.26. The van der Waals surface area contributed by atoms with Crippen LogP contribution >= 0.6 is 0 Å². The molecule has 0 atom stereocenters. The quantitative estimate of drug-likeness (QED) is 0.507. The average molecular weight is 184 g/mol. The van der Waals surface area contributed by atoms with Gasteiger partial charge in [0.15, 0.2) is 0 Å². The Morgan fingerprint density at radius 1 is 1.15 bits per heavy atom. The molecule has 0 heterocycles. The van der Waals surface area contributed by atoms with Gasteiger partial charge >= 0.3 is 5.97 Å². The van der Waals surface area contributed by atoms with E-state index in [-0.39, 0.29) is 0 Å². The van der Waals surface area contributed by atoms with Gasteiger partial charge in [0.2, 0.25) is 0 Å². The largest absolute Gasteiger partial charge is 0.478 e. The summed E-state index contributed by atoms with van der Waals surface area (Å²) < 4.78 is 0. The molecule has 0 unspecified atom stereocenters. The van der Waals surface area contributed by atoms with Crippen LogP contribution in [-0.2, 0) is 4.79 Å². The maximum absolute atomic E-state index is 10.7. The lowest BCUT2D eigenvalue weighted by molar-refractivity contribution is -0.132. The molecule has 2 nitrogen and oxygen atoms in total. The highest BCUT2D eigenvalue weighted by Gasteiger charge is 2.07. The molecule has 1 N–H and O–H groups in total. The second kappa shape index (κ2) is 6.70. The predicted octanol–water partition coefficient (Wildman–Crippen LogP) is 3.38. The van der Waals surface area contributed by atoms with Crippen LogP contribution in [0.15, 0.2) is 11.1 Å². The number of allylic oxidation sites excluding steroid dienone is 1. The van der Waals surface area contributed by atoms with E-state index in [0.717, 1.165) is 24.8 Å². The second-order valence-corrected chi connectivity index (χ2v) is 3.59. The van der Waals surface area contributed by atoms with E-state index >= 15 is 0 Å². The number of hydrogen-bond acceptors (Lipinski definition) is 1. The van der Waals surface area contributed by atoms with Crippen molar-refractivity contribution in [2.24, 2.45) is 0 Å². The van der Waals surface area contributed by atoms with E-state index in [0.29, 0.717) is 5.57 Å². The van der Waals surface area contributed by atoms with Crippen LogP contribution in [0.3, 0.4) is 0 Å². The Kier molecular flexibility index (Phi) is 6.29. The second-order valence-electron chi connectivity index (χ2n) is 3.59. The SMILES string of the molecule is CCCCCCC(C(=O)O)=C(C)C. The fraction of sp³-hybridized carbons (Fsp3) is 0.727. The lowest BCUT2D eigenvalue weighted by Crippen LogP contribution is -2.02. The van der Waals surface area contributed by atoms with Crippen molar-refractivity contribution >= 4 is 5.97 Å². The lowest BCUT2D eigenvalue weighted by Gasteiger charge is -2.04. The minimum Gasteiger partial charge on any atom is -0.478 e. The standard InChI is InChI=1S/C11H20O2/c1-4-5-6-7-8-10(9(2)3)11(12)13/h4-8H2,1-3H3,(H,12,13). The zero-order valence-electron chi connectivity index (χ0n) is 8.89. The molecular formula is C11H20O2. The topological polar surface area (TPSA) is 37.3 Å². The Hall–Kier alpha value is -0.790. The van der Waals surface area contributed by atoms with Crippen molar-refractivity contribution in [3.63, 3.8) is 0 Å². The van der Waals surface area contributed by atoms with Crippen molar-refractivity contribution in [2.75, 3.05) is 0 Å². The zero-order chi connectivity index (χ0) is 10.3. The fourth-order valence-electron chi connectivity index (χ4n) is 1.30. The van der Waals surface area contributed by atoms with Crippen LogP contribution in [0.1, 0.15) is 52.9 Å². The Labute approximate surface area is 80.7 Å². The van der Waals surface area contributed by atoms with Crippen molar-refractivity contribution in [3.05, 3.63) is 11.1 Å². The molecule has 0 aromatic heterocycles. The van der Waals surface area contributed by atoms with Gasteiger partial charge in [0.25, 0.3) is 0 Å². The summed E-state index contributed by atoms with van der Waals surface area (Å²) in [5.41, 5.74) is 1.53. The van der Waals surface area contributed by atoms with E-state index in [1.807, 2.05) is 13.8 Å². The van der Waals surface area contributed by atoms with Crippen molar-refractivity contribution in [1.29, 1.82) is 0 Å². The summed E-state index contributed by atoms with van der Waals surface area (Å²) in [5, 5.41) is 8.84. The van der Waals surface area contributed by atoms with Gasteiger partial charge in [0.05, 0.1) is 0 Å². The molecule has 0 spiro atoms. The van der Waals surface area contributed by atoms with Crippen molar-refractivity contribution in [1.82, 2.24) is 0 Å². The molecule has 0 bridgehead atoms. The first kappa shape index (κ1) is 12.2. The van der Waals surface area contributed by atoms with Crippen LogP contribution in [-0.4, -0.2) is 11.1 Å². The van der Waals surface area contributed by atoms with E-state index in [2.05, 4.69) is 6.92 Å². The molecule has 2 heteroatoms. The molecule has 0 rings (SSSR count). The smallest absolute Gasteiger partial charge is 0.331 e. The number of hydrogen-bond donors (Lipinski definition) is 1. The van der Waals surface area contributed by atoms with Crippen LogP contribution in [0.4, 0.5) is 0 Å². The predicted molar refractivity (Wildman–Crippen MR) is 54.8 cm³/mol. The number of carboxylic acid groups (broad SMARTS) is 1. The first-order valence-electron chi connectivity index (χ1n) is 4.99. The first-order valence-corrected chi connectivity index (χ1v) is 4.99. The van der Waals surface area contributed by atoms with Crippen LogP contribution < -0.4 is 0 Å². The molecular weight excluding hydrogens is 164 g/mol. The Morgan fingerprint density at radius 2 is 1.77 bits per heavy atom. The number of unbranched alkanes of at least 4 members (excludes halogenated alkanes) is 3. The molecule has 13 heavy (non-hydrogen) atoms. The third-order valence-electron chi connectivity index (χ3n) is 2.14. The van der Waals surface area contributed by atoms with Gasteiger partial charge in [0, 0.05) is 5.57 Å². The summed E-state index contributed by atoms with van der Waals surface area (Å²) in [6.45, 7) is 5.88. The van der Waals surface area contributed by atoms with Gasteiger partial charge in [-0.05, 0) is 26.7 Å². The van der Waals surface area contributed by atoms with Crippen LogP contribution in [0.5, 0.6) is 0 Å². The van der Waals surface area contributed by atoms with Gasteiger partial charge in [-0.25, -0.2) is 4.79 Å². The van der Waals surface area contributed by atoms with Crippen molar-refractivity contribution in [2.45, 2.75) is 52.9 Å². The Bertz CT molecular complexity index is 188. The molecule has 0 aliphatic heterocycles. The van der Waals surface area contributed by atoms with E-state index in [1.165, 1.54) is 12.8 Å². The number of carboxylic acids is 1. The van der Waals surface area contributed by atoms with Gasteiger partial charge in [-0.3, -0.25) is 0 Å². The van der Waals surface area contributed by atoms with Gasteiger partial charge in [-0.1, -0.05) is 31.8 Å². The summed E-state index contributed by atoms with van der Waals surface area (Å²) in [6, 6.07) is 0. The minimum absolute atomic E-state index is 0.594. The van der Waals surface area contributed by atoms with Crippen LogP contribution in [0, 0.1) is 0 Å². The third kappa shape index (κ3) is 5.45. The number of rotatable bonds is 6. The fourth-order valence-corrected chi connectivity index (χ4v) is 1.30. The molecule has 0 radical (unpaired) electrons. The van der Waals surface area contributed by atoms with E-state index in [9.17, 15) is 4.79 Å². The Morgan fingerprint density at radius 3 is 2.15 bits per heavy atom. The molecule has 0 aliphatic rings. The third-order valence-corrected chi connectivity index (χ3v) is 2.14. The highest BCUT2D eigenvalue weighted by atomic mass is 16.4. The van der Waals surface area contributed by atoms with Crippen molar-refractivity contribution < 1.29 is 9.90 Å². The summed E-state index contributed by atoms with van der Waals surface area (Å²) in [7, 11) is 0. The van der Waals surface area contributed by atoms with Crippen LogP contribution in [0.2, 0.25) is 0 Å². The molecule has 0 aromatic rings. The molecule has 0 aliphatic carbocycles. The first-order chi connectivity index (χ1) is 6.09. The van der Waals surface area contributed by atoms with Crippen molar-refractivity contribution in [3.8, 4) is 0 Å². The van der Waals surface area contributed by atoms with E-state index < -0.39 is 5.97 Å². The van der Waals surface area contributed by atoms with E-state index in [4.69, 9.17) is 5.11 Å². The monoisotopic (exact) mass is 184 g/mol. The summed E-state index contributed by atoms with van der Waals surface area (Å²) in [5.74, 6) is -0.753. The van der Waals surface area contributed by atoms with Gasteiger partial charge in [0.1, 0.15) is 0 Å². The maximum atomic E-state index is 10.7. The number of aliphatic carboxylic acids is 1. The summed E-state index contributed by atoms with van der Waals surface area (Å²) in [4.78, 5) is 10.7. The summed E-state index contributed by atoms with van der Waals surface area (Å²) >= 11 is 0. The Balaban J connectivity index is 3.87. The van der Waals surface area contributed by atoms with Gasteiger partial charge in [-0.15, -0.1) is 0 Å². The number of carbonyl (C=O) groups is 1. The van der Waals surface area contributed by atoms with E-state index in [1.54, 1.807) is 0 Å². The molecule has 0 saturated heterocycles. The van der Waals surface area contributed by atoms with Crippen LogP contribution in [0.25, 0.3) is 0 Å². The normalized spacial score (nSPS) is 9.77. The molecule has 0 saturated carbocycles. The minimum atomic E-state index is -0.753. The molecule has 0 fully saturated rings. The zero-order valence-corrected chi connectivity index (χ0v) is 8.89. The highest BCUT2D eigenvalue weighted by molar-refractivity contribution is 5.87.